The summed E-state index contributed by atoms with van der Waals surface area (Å²) in [4.78, 5) is 35.6. The third-order valence-electron chi connectivity index (χ3n) is 5.86. The van der Waals surface area contributed by atoms with Crippen LogP contribution in [0.5, 0.6) is 11.5 Å². The van der Waals surface area contributed by atoms with Crippen molar-refractivity contribution >= 4 is 28.6 Å². The summed E-state index contributed by atoms with van der Waals surface area (Å²) in [5.74, 6) is 1.20. The van der Waals surface area contributed by atoms with Gasteiger partial charge in [0.1, 0.15) is 6.61 Å². The van der Waals surface area contributed by atoms with Gasteiger partial charge in [0, 0.05) is 6.20 Å². The van der Waals surface area contributed by atoms with E-state index < -0.39 is 5.25 Å². The number of fused-ring (bicyclic) bond motifs is 2. The van der Waals surface area contributed by atoms with E-state index in [1.54, 1.807) is 16.8 Å². The predicted octanol–water partition coefficient (Wildman–Crippen LogP) is 3.82. The first-order valence-corrected chi connectivity index (χ1v) is 12.7. The molecule has 0 aliphatic carbocycles. The summed E-state index contributed by atoms with van der Waals surface area (Å²) in [5, 5.41) is 3.51. The summed E-state index contributed by atoms with van der Waals surface area (Å²) < 4.78 is 13.6. The lowest BCUT2D eigenvalue weighted by Gasteiger charge is -2.27. The highest BCUT2D eigenvalue weighted by atomic mass is 32.2. The van der Waals surface area contributed by atoms with Crippen LogP contribution >= 0.6 is 11.8 Å². The first-order valence-electron chi connectivity index (χ1n) is 11.8. The zero-order valence-corrected chi connectivity index (χ0v) is 20.6. The molecule has 5 rings (SSSR count). The van der Waals surface area contributed by atoms with E-state index in [1.165, 1.54) is 11.8 Å². The van der Waals surface area contributed by atoms with Gasteiger partial charge in [-0.15, -0.1) is 0 Å². The Balaban J connectivity index is 1.41. The molecule has 0 spiro atoms. The summed E-state index contributed by atoms with van der Waals surface area (Å²) in [6.45, 7) is 2.83. The fraction of sp³-hybridized carbons (Fsp3) is 0.259. The summed E-state index contributed by atoms with van der Waals surface area (Å²) >= 11 is 1.28. The van der Waals surface area contributed by atoms with Gasteiger partial charge in [-0.25, -0.2) is 4.98 Å². The number of benzene rings is 2. The minimum atomic E-state index is -0.433. The molecule has 0 fully saturated rings. The molecule has 2 unspecified atom stereocenters. The van der Waals surface area contributed by atoms with Crippen molar-refractivity contribution in [1.29, 1.82) is 0 Å². The van der Waals surface area contributed by atoms with Crippen molar-refractivity contribution in [3.63, 3.8) is 0 Å². The number of thioether (sulfide) groups is 1. The first-order chi connectivity index (χ1) is 17.6. The topological polar surface area (TPSA) is 95.3 Å². The Morgan fingerprint density at radius 2 is 1.89 bits per heavy atom. The molecule has 3 heterocycles. The van der Waals surface area contributed by atoms with Crippen LogP contribution in [-0.2, 0) is 17.9 Å². The van der Waals surface area contributed by atoms with E-state index in [2.05, 4.69) is 10.3 Å². The van der Waals surface area contributed by atoms with Crippen molar-refractivity contribution in [3.05, 3.63) is 89.0 Å². The molecular formula is C27H26N4O4S. The van der Waals surface area contributed by atoms with Crippen molar-refractivity contribution in [2.24, 2.45) is 0 Å². The average molecular weight is 503 g/mol. The molecule has 184 valence electrons. The number of para-hydroxylation sites is 3. The standard InChI is InChI=1S/C27H26N4O4S/c1-2-24(25(32)29-15-18-9-7-8-14-28-18)36-27-30-21-11-4-3-10-20(21)26(33)31(27)16-19-17-34-22-12-5-6-13-23(22)35-19/h3-14,19,24H,2,15-17H2,1H3,(H,29,32). The smallest absolute Gasteiger partial charge is 0.262 e. The molecule has 36 heavy (non-hydrogen) atoms. The van der Waals surface area contributed by atoms with Gasteiger partial charge in [-0.05, 0) is 42.8 Å². The van der Waals surface area contributed by atoms with Gasteiger partial charge in [-0.2, -0.15) is 0 Å². The number of pyridine rings is 1. The Bertz CT molecular complexity index is 1430. The van der Waals surface area contributed by atoms with Gasteiger partial charge in [-0.3, -0.25) is 19.1 Å². The normalized spacial score (nSPS) is 15.4. The highest BCUT2D eigenvalue weighted by Crippen LogP contribution is 2.32. The monoisotopic (exact) mass is 502 g/mol. The summed E-state index contributed by atoms with van der Waals surface area (Å²) in [6.07, 6.45) is 1.89. The van der Waals surface area contributed by atoms with Crippen LogP contribution in [0.3, 0.4) is 0 Å². The van der Waals surface area contributed by atoms with Crippen molar-refractivity contribution in [2.45, 2.75) is 42.9 Å². The Morgan fingerprint density at radius 1 is 1.11 bits per heavy atom. The molecule has 2 aromatic heterocycles. The van der Waals surface area contributed by atoms with E-state index in [1.807, 2.05) is 67.6 Å². The van der Waals surface area contributed by atoms with E-state index in [0.717, 1.165) is 5.69 Å². The largest absolute Gasteiger partial charge is 0.486 e. The van der Waals surface area contributed by atoms with Crippen molar-refractivity contribution in [3.8, 4) is 11.5 Å². The van der Waals surface area contributed by atoms with Gasteiger partial charge in [0.15, 0.2) is 22.8 Å². The zero-order valence-electron chi connectivity index (χ0n) is 19.8. The van der Waals surface area contributed by atoms with Gasteiger partial charge in [0.25, 0.3) is 5.56 Å². The maximum absolute atomic E-state index is 13.5. The molecule has 8 nitrogen and oxygen atoms in total. The molecule has 1 aliphatic rings. The predicted molar refractivity (Wildman–Crippen MR) is 138 cm³/mol. The maximum atomic E-state index is 13.5. The summed E-state index contributed by atoms with van der Waals surface area (Å²) in [6, 6.07) is 20.3. The SMILES string of the molecule is CCC(Sc1nc2ccccc2c(=O)n1CC1COc2ccccc2O1)C(=O)NCc1ccccn1. The lowest BCUT2D eigenvalue weighted by molar-refractivity contribution is -0.120. The minimum absolute atomic E-state index is 0.131. The molecule has 2 atom stereocenters. The van der Waals surface area contributed by atoms with Crippen LogP contribution in [0.4, 0.5) is 0 Å². The van der Waals surface area contributed by atoms with Gasteiger partial charge in [0.2, 0.25) is 5.91 Å². The molecular weight excluding hydrogens is 476 g/mol. The number of aromatic nitrogens is 3. The van der Waals surface area contributed by atoms with Crippen LogP contribution in [0.25, 0.3) is 10.9 Å². The Morgan fingerprint density at radius 3 is 2.69 bits per heavy atom. The molecule has 0 saturated carbocycles. The van der Waals surface area contributed by atoms with E-state index in [4.69, 9.17) is 14.5 Å². The van der Waals surface area contributed by atoms with Crippen molar-refractivity contribution < 1.29 is 14.3 Å². The number of rotatable bonds is 8. The van der Waals surface area contributed by atoms with Gasteiger partial charge < -0.3 is 14.8 Å². The second-order valence-electron chi connectivity index (χ2n) is 8.38. The molecule has 0 bridgehead atoms. The summed E-state index contributed by atoms with van der Waals surface area (Å²) in [7, 11) is 0. The zero-order chi connectivity index (χ0) is 24.9. The number of hydrogen-bond acceptors (Lipinski definition) is 7. The fourth-order valence-electron chi connectivity index (χ4n) is 4.00. The second kappa shape index (κ2) is 10.8. The molecule has 1 N–H and O–H groups in total. The van der Waals surface area contributed by atoms with Crippen LogP contribution in [0.15, 0.2) is 82.9 Å². The third kappa shape index (κ3) is 5.21. The highest BCUT2D eigenvalue weighted by Gasteiger charge is 2.26. The lowest BCUT2D eigenvalue weighted by atomic mass is 10.2. The van der Waals surface area contributed by atoms with E-state index in [9.17, 15) is 9.59 Å². The third-order valence-corrected chi connectivity index (χ3v) is 7.22. The molecule has 1 aliphatic heterocycles. The molecule has 1 amide bonds. The molecule has 9 heteroatoms. The minimum Gasteiger partial charge on any atom is -0.486 e. The van der Waals surface area contributed by atoms with Crippen molar-refractivity contribution in [2.75, 3.05) is 6.61 Å². The summed E-state index contributed by atoms with van der Waals surface area (Å²) in [5.41, 5.74) is 1.20. The Hall–Kier alpha value is -3.85. The van der Waals surface area contributed by atoms with E-state index >= 15 is 0 Å². The number of nitrogens with one attached hydrogen (secondary N) is 1. The molecule has 0 saturated heterocycles. The van der Waals surface area contributed by atoms with Crippen LogP contribution in [0.2, 0.25) is 0 Å². The fourth-order valence-corrected chi connectivity index (χ4v) is 5.05. The first kappa shape index (κ1) is 23.9. The average Bonchev–Trinajstić information content (AvgIpc) is 2.92. The van der Waals surface area contributed by atoms with Crippen LogP contribution in [-0.4, -0.2) is 38.4 Å². The van der Waals surface area contributed by atoms with Crippen LogP contribution < -0.4 is 20.3 Å². The number of amides is 1. The van der Waals surface area contributed by atoms with Gasteiger partial charge in [-0.1, -0.05) is 49.0 Å². The quantitative estimate of drug-likeness (QED) is 0.289. The van der Waals surface area contributed by atoms with E-state index in [0.29, 0.717) is 47.1 Å². The molecule has 2 aromatic carbocycles. The number of carbonyl (C=O) groups excluding carboxylic acids is 1. The molecule has 0 radical (unpaired) electrons. The van der Waals surface area contributed by atoms with Crippen LogP contribution in [0, 0.1) is 0 Å². The number of nitrogens with zero attached hydrogens (tertiary/aromatic N) is 3. The lowest BCUT2D eigenvalue weighted by Crippen LogP contribution is -2.38. The second-order valence-corrected chi connectivity index (χ2v) is 9.55. The molecule has 4 aromatic rings. The van der Waals surface area contributed by atoms with Crippen LogP contribution in [0.1, 0.15) is 19.0 Å². The van der Waals surface area contributed by atoms with E-state index in [-0.39, 0.29) is 24.1 Å². The highest BCUT2D eigenvalue weighted by molar-refractivity contribution is 8.00. The van der Waals surface area contributed by atoms with Gasteiger partial charge >= 0.3 is 0 Å². The maximum Gasteiger partial charge on any atom is 0.262 e. The number of hydrogen-bond donors (Lipinski definition) is 1. The van der Waals surface area contributed by atoms with Gasteiger partial charge in [0.05, 0.1) is 34.9 Å². The number of ether oxygens (including phenoxy) is 2. The Labute approximate surface area is 212 Å². The Kier molecular flexibility index (Phi) is 7.18. The number of carbonyl (C=O) groups is 1. The van der Waals surface area contributed by atoms with Crippen molar-refractivity contribution in [1.82, 2.24) is 19.9 Å².